The number of benzene rings is 1. The van der Waals surface area contributed by atoms with Crippen molar-refractivity contribution in [3.8, 4) is 6.07 Å². The highest BCUT2D eigenvalue weighted by atomic mass is 32.2. The lowest BCUT2D eigenvalue weighted by molar-refractivity contribution is 0.294. The van der Waals surface area contributed by atoms with Crippen LogP contribution in [0.5, 0.6) is 0 Å². The first-order chi connectivity index (χ1) is 9.42. The molecule has 0 atom stereocenters. The summed E-state index contributed by atoms with van der Waals surface area (Å²) in [4.78, 5) is 0. The van der Waals surface area contributed by atoms with Crippen molar-refractivity contribution in [2.45, 2.75) is 50.3 Å². The van der Waals surface area contributed by atoms with Gasteiger partial charge in [0.25, 0.3) is 0 Å². The second-order valence-electron chi connectivity index (χ2n) is 5.79. The van der Waals surface area contributed by atoms with Crippen molar-refractivity contribution in [3.05, 3.63) is 35.4 Å². The molecule has 1 aromatic rings. The van der Waals surface area contributed by atoms with Crippen molar-refractivity contribution >= 4 is 10.0 Å². The van der Waals surface area contributed by atoms with E-state index in [-0.39, 0.29) is 11.3 Å². The molecule has 1 aromatic carbocycles. The molecular weight excluding hydrogens is 272 g/mol. The lowest BCUT2D eigenvalue weighted by Gasteiger charge is -2.34. The van der Waals surface area contributed by atoms with Crippen LogP contribution in [0.3, 0.4) is 0 Å². The summed E-state index contributed by atoms with van der Waals surface area (Å²) in [7, 11) is -3.35. The lowest BCUT2D eigenvalue weighted by Crippen LogP contribution is -2.47. The van der Waals surface area contributed by atoms with Gasteiger partial charge in [0, 0.05) is 5.54 Å². The molecule has 0 aliphatic heterocycles. The van der Waals surface area contributed by atoms with Gasteiger partial charge < -0.3 is 0 Å². The Hall–Kier alpha value is -1.38. The Morgan fingerprint density at radius 2 is 1.80 bits per heavy atom. The van der Waals surface area contributed by atoms with Gasteiger partial charge >= 0.3 is 0 Å². The first kappa shape index (κ1) is 15.0. The quantitative estimate of drug-likeness (QED) is 0.927. The summed E-state index contributed by atoms with van der Waals surface area (Å²) in [6, 6.07) is 8.71. The van der Waals surface area contributed by atoms with Gasteiger partial charge in [-0.25, -0.2) is 13.1 Å². The Balaban J connectivity index is 2.04. The van der Waals surface area contributed by atoms with Gasteiger partial charge in [0.15, 0.2) is 0 Å². The summed E-state index contributed by atoms with van der Waals surface area (Å²) in [5.74, 6) is -0.0334. The van der Waals surface area contributed by atoms with Gasteiger partial charge in [-0.15, -0.1) is 0 Å². The minimum absolute atomic E-state index is 0.0334. The van der Waals surface area contributed by atoms with E-state index in [0.717, 1.165) is 25.7 Å². The minimum Gasteiger partial charge on any atom is -0.212 e. The van der Waals surface area contributed by atoms with Gasteiger partial charge in [0.05, 0.1) is 17.4 Å². The summed E-state index contributed by atoms with van der Waals surface area (Å²) in [6.07, 6.45) is 5.15. The number of sulfonamides is 1. The Morgan fingerprint density at radius 1 is 1.20 bits per heavy atom. The monoisotopic (exact) mass is 292 g/mol. The van der Waals surface area contributed by atoms with Crippen LogP contribution in [-0.4, -0.2) is 14.0 Å². The van der Waals surface area contributed by atoms with Crippen molar-refractivity contribution in [2.24, 2.45) is 0 Å². The predicted molar refractivity (Wildman–Crippen MR) is 78.4 cm³/mol. The molecule has 0 saturated heterocycles. The van der Waals surface area contributed by atoms with Crippen molar-refractivity contribution in [1.82, 2.24) is 4.72 Å². The van der Waals surface area contributed by atoms with E-state index in [1.807, 2.05) is 13.0 Å². The Kier molecular flexibility index (Phi) is 4.46. The Labute approximate surface area is 120 Å². The van der Waals surface area contributed by atoms with E-state index < -0.39 is 10.0 Å². The molecule has 0 aromatic heterocycles. The van der Waals surface area contributed by atoms with E-state index in [1.54, 1.807) is 24.3 Å². The van der Waals surface area contributed by atoms with Crippen molar-refractivity contribution in [1.29, 1.82) is 5.26 Å². The highest BCUT2D eigenvalue weighted by Gasteiger charge is 2.31. The van der Waals surface area contributed by atoms with E-state index in [2.05, 4.69) is 4.72 Å². The molecular formula is C15H20N2O2S. The van der Waals surface area contributed by atoms with Gasteiger partial charge in [-0.2, -0.15) is 5.26 Å². The van der Waals surface area contributed by atoms with E-state index in [9.17, 15) is 8.42 Å². The van der Waals surface area contributed by atoms with Crippen LogP contribution in [0.1, 0.15) is 50.2 Å². The van der Waals surface area contributed by atoms with Crippen molar-refractivity contribution in [3.63, 3.8) is 0 Å². The number of hydrogen-bond acceptors (Lipinski definition) is 3. The first-order valence-corrected chi connectivity index (χ1v) is 8.58. The largest absolute Gasteiger partial charge is 0.216 e. The van der Waals surface area contributed by atoms with Crippen LogP contribution in [0.4, 0.5) is 0 Å². The molecule has 0 radical (unpaired) electrons. The van der Waals surface area contributed by atoms with Crippen LogP contribution in [0, 0.1) is 11.3 Å². The molecule has 20 heavy (non-hydrogen) atoms. The molecule has 1 aliphatic carbocycles. The molecule has 1 aliphatic rings. The fourth-order valence-electron chi connectivity index (χ4n) is 2.74. The Bertz CT molecular complexity index is 594. The maximum absolute atomic E-state index is 12.3. The fourth-order valence-corrected chi connectivity index (χ4v) is 4.40. The first-order valence-electron chi connectivity index (χ1n) is 6.93. The summed E-state index contributed by atoms with van der Waals surface area (Å²) in [5, 5.41) is 8.73. The van der Waals surface area contributed by atoms with E-state index >= 15 is 0 Å². The van der Waals surface area contributed by atoms with Crippen LogP contribution in [0.25, 0.3) is 0 Å². The van der Waals surface area contributed by atoms with Crippen LogP contribution in [0.2, 0.25) is 0 Å². The summed E-state index contributed by atoms with van der Waals surface area (Å²) >= 11 is 0. The van der Waals surface area contributed by atoms with Gasteiger partial charge in [-0.3, -0.25) is 0 Å². The maximum atomic E-state index is 12.3. The molecule has 2 rings (SSSR count). The lowest BCUT2D eigenvalue weighted by atomic mass is 9.84. The number of nitrogens with zero attached hydrogens (tertiary/aromatic N) is 1. The molecule has 1 N–H and O–H groups in total. The standard InChI is InChI=1S/C15H20N2O2S/c1-15(9-3-2-4-10-15)17-20(18,19)12-14-7-5-13(11-16)6-8-14/h5-8,17H,2-4,9-10,12H2,1H3. The van der Waals surface area contributed by atoms with Gasteiger partial charge in [0.2, 0.25) is 10.0 Å². The SMILES string of the molecule is CC1(NS(=O)(=O)Cc2ccc(C#N)cc2)CCCCC1. The topological polar surface area (TPSA) is 70.0 Å². The van der Waals surface area contributed by atoms with Crippen LogP contribution >= 0.6 is 0 Å². The number of nitriles is 1. The third kappa shape index (κ3) is 4.06. The van der Waals surface area contributed by atoms with Crippen LogP contribution < -0.4 is 4.72 Å². The molecule has 0 spiro atoms. The summed E-state index contributed by atoms with van der Waals surface area (Å²) in [6.45, 7) is 1.99. The highest BCUT2D eigenvalue weighted by molar-refractivity contribution is 7.88. The number of hydrogen-bond donors (Lipinski definition) is 1. The van der Waals surface area contributed by atoms with Gasteiger partial charge in [0.1, 0.15) is 0 Å². The normalized spacial score (nSPS) is 18.4. The summed E-state index contributed by atoms with van der Waals surface area (Å²) in [5.41, 5.74) is 0.943. The second kappa shape index (κ2) is 5.94. The maximum Gasteiger partial charge on any atom is 0.216 e. The molecule has 1 fully saturated rings. The zero-order chi connectivity index (χ0) is 14.6. The molecule has 1 saturated carbocycles. The molecule has 0 amide bonds. The molecule has 0 heterocycles. The molecule has 0 unspecified atom stereocenters. The second-order valence-corrected chi connectivity index (χ2v) is 7.51. The van der Waals surface area contributed by atoms with Crippen molar-refractivity contribution < 1.29 is 8.42 Å². The summed E-state index contributed by atoms with van der Waals surface area (Å²) < 4.78 is 27.4. The Morgan fingerprint density at radius 3 is 2.35 bits per heavy atom. The van der Waals surface area contributed by atoms with E-state index in [1.165, 1.54) is 6.42 Å². The fraction of sp³-hybridized carbons (Fsp3) is 0.533. The number of rotatable bonds is 4. The molecule has 0 bridgehead atoms. The predicted octanol–water partition coefficient (Wildman–Crippen LogP) is 2.70. The zero-order valence-electron chi connectivity index (χ0n) is 11.7. The minimum atomic E-state index is -3.35. The third-order valence-corrected chi connectivity index (χ3v) is 5.32. The van der Waals surface area contributed by atoms with Gasteiger partial charge in [-0.05, 0) is 37.5 Å². The average molecular weight is 292 g/mol. The van der Waals surface area contributed by atoms with E-state index in [4.69, 9.17) is 5.26 Å². The van der Waals surface area contributed by atoms with Gasteiger partial charge in [-0.1, -0.05) is 31.4 Å². The molecule has 108 valence electrons. The van der Waals surface area contributed by atoms with Crippen LogP contribution in [0.15, 0.2) is 24.3 Å². The average Bonchev–Trinajstić information content (AvgIpc) is 2.38. The van der Waals surface area contributed by atoms with E-state index in [0.29, 0.717) is 11.1 Å². The smallest absolute Gasteiger partial charge is 0.212 e. The zero-order valence-corrected chi connectivity index (χ0v) is 12.5. The molecule has 5 heteroatoms. The third-order valence-electron chi connectivity index (χ3n) is 3.80. The number of nitrogens with one attached hydrogen (secondary N) is 1. The molecule has 4 nitrogen and oxygen atoms in total. The van der Waals surface area contributed by atoms with Crippen LogP contribution in [-0.2, 0) is 15.8 Å². The highest BCUT2D eigenvalue weighted by Crippen LogP contribution is 2.28. The van der Waals surface area contributed by atoms with Crippen molar-refractivity contribution in [2.75, 3.05) is 0 Å².